The van der Waals surface area contributed by atoms with Crippen molar-refractivity contribution in [3.8, 4) is 17.2 Å². The van der Waals surface area contributed by atoms with E-state index in [2.05, 4.69) is 31.8 Å². The van der Waals surface area contributed by atoms with Gasteiger partial charge >= 0.3 is 0 Å². The largest absolute Gasteiger partial charge is 0.497 e. The van der Waals surface area contributed by atoms with Crippen LogP contribution in [0, 0.1) is 10.1 Å². The van der Waals surface area contributed by atoms with E-state index in [-0.39, 0.29) is 23.8 Å². The van der Waals surface area contributed by atoms with Crippen LogP contribution in [0.1, 0.15) is 15.9 Å². The number of rotatable bonds is 10. The number of nitro groups is 1. The smallest absolute Gasteiger partial charge is 0.271 e. The molecule has 0 bridgehead atoms. The van der Waals surface area contributed by atoms with Crippen molar-refractivity contribution in [3.63, 3.8) is 0 Å². The summed E-state index contributed by atoms with van der Waals surface area (Å²) in [5.74, 6) is 0.426. The zero-order valence-corrected chi connectivity index (χ0v) is 20.8. The molecule has 3 aromatic rings. The minimum atomic E-state index is -0.550. The van der Waals surface area contributed by atoms with E-state index in [0.717, 1.165) is 0 Å². The highest BCUT2D eigenvalue weighted by Crippen LogP contribution is 2.36. The van der Waals surface area contributed by atoms with Crippen LogP contribution in [-0.4, -0.2) is 43.8 Å². The zero-order chi connectivity index (χ0) is 26.1. The van der Waals surface area contributed by atoms with E-state index in [1.54, 1.807) is 43.5 Å². The van der Waals surface area contributed by atoms with E-state index in [1.165, 1.54) is 37.6 Å². The number of benzene rings is 3. The minimum absolute atomic E-state index is 0.118. The topological polar surface area (TPSA) is 141 Å². The van der Waals surface area contributed by atoms with E-state index in [4.69, 9.17) is 14.2 Å². The molecular weight excluding hydrogens is 536 g/mol. The highest BCUT2D eigenvalue weighted by Gasteiger charge is 2.14. The van der Waals surface area contributed by atoms with Crippen LogP contribution in [-0.2, 0) is 4.79 Å². The molecule has 0 fully saturated rings. The Morgan fingerprint density at radius 1 is 1.06 bits per heavy atom. The SMILES string of the molecule is COc1ccc(NC(=O)COc2c(Br)cc(/C=N/NC(=O)c3ccc([N+](=O)[O-])cc3)cc2OC)cc1. The number of methoxy groups -OCH3 is 2. The first-order valence-corrected chi connectivity index (χ1v) is 11.1. The molecule has 0 spiro atoms. The van der Waals surface area contributed by atoms with Gasteiger partial charge in [0.1, 0.15) is 5.75 Å². The molecule has 11 nitrogen and oxygen atoms in total. The number of hydrogen-bond donors (Lipinski definition) is 2. The average Bonchev–Trinajstić information content (AvgIpc) is 2.88. The van der Waals surface area contributed by atoms with Crippen molar-refractivity contribution in [1.82, 2.24) is 5.43 Å². The van der Waals surface area contributed by atoms with Crippen LogP contribution in [0.2, 0.25) is 0 Å². The summed E-state index contributed by atoms with van der Waals surface area (Å²) in [4.78, 5) is 34.6. The third-order valence-electron chi connectivity index (χ3n) is 4.69. The van der Waals surface area contributed by atoms with Crippen molar-refractivity contribution in [2.24, 2.45) is 5.10 Å². The first-order valence-electron chi connectivity index (χ1n) is 10.3. The Morgan fingerprint density at radius 2 is 1.75 bits per heavy atom. The van der Waals surface area contributed by atoms with Crippen LogP contribution >= 0.6 is 15.9 Å². The van der Waals surface area contributed by atoms with Crippen LogP contribution < -0.4 is 25.0 Å². The number of halogens is 1. The Hall–Kier alpha value is -4.45. The van der Waals surface area contributed by atoms with Gasteiger partial charge < -0.3 is 19.5 Å². The van der Waals surface area contributed by atoms with Crippen molar-refractivity contribution in [1.29, 1.82) is 0 Å². The molecule has 0 aliphatic carbocycles. The van der Waals surface area contributed by atoms with Crippen LogP contribution in [0.25, 0.3) is 0 Å². The van der Waals surface area contributed by atoms with E-state index in [0.29, 0.717) is 33.0 Å². The van der Waals surface area contributed by atoms with E-state index >= 15 is 0 Å². The second kappa shape index (κ2) is 12.3. The lowest BCUT2D eigenvalue weighted by Gasteiger charge is -2.13. The predicted octanol–water partition coefficient (Wildman–Crippen LogP) is 4.16. The Morgan fingerprint density at radius 3 is 2.36 bits per heavy atom. The molecule has 2 N–H and O–H groups in total. The molecule has 3 rings (SSSR count). The number of hydrazone groups is 1. The Kier molecular flexibility index (Phi) is 8.95. The molecule has 0 aliphatic rings. The van der Waals surface area contributed by atoms with Gasteiger partial charge in [-0.15, -0.1) is 0 Å². The maximum atomic E-state index is 12.3. The number of nitrogens with zero attached hydrogens (tertiary/aromatic N) is 2. The third kappa shape index (κ3) is 7.03. The quantitative estimate of drug-likeness (QED) is 0.217. The second-order valence-corrected chi connectivity index (χ2v) is 7.96. The first kappa shape index (κ1) is 26.2. The van der Waals surface area contributed by atoms with Gasteiger partial charge in [-0.1, -0.05) is 0 Å². The van der Waals surface area contributed by atoms with Crippen LogP contribution in [0.5, 0.6) is 17.2 Å². The summed E-state index contributed by atoms with van der Waals surface area (Å²) in [7, 11) is 3.01. The number of hydrogen-bond acceptors (Lipinski definition) is 8. The monoisotopic (exact) mass is 556 g/mol. The summed E-state index contributed by atoms with van der Waals surface area (Å²) in [5, 5.41) is 17.3. The fraction of sp³-hybridized carbons (Fsp3) is 0.125. The highest BCUT2D eigenvalue weighted by molar-refractivity contribution is 9.10. The number of ether oxygens (including phenoxy) is 3. The van der Waals surface area contributed by atoms with Crippen LogP contribution in [0.3, 0.4) is 0 Å². The maximum absolute atomic E-state index is 12.3. The molecule has 0 saturated carbocycles. The number of non-ortho nitro benzene ring substituents is 1. The van der Waals surface area contributed by atoms with Crippen molar-refractivity contribution in [2.75, 3.05) is 26.1 Å². The second-order valence-electron chi connectivity index (χ2n) is 7.10. The molecule has 3 aromatic carbocycles. The van der Waals surface area contributed by atoms with Crippen molar-refractivity contribution in [2.45, 2.75) is 0 Å². The summed E-state index contributed by atoms with van der Waals surface area (Å²) >= 11 is 3.39. The molecule has 0 atom stereocenters. The third-order valence-corrected chi connectivity index (χ3v) is 5.28. The molecule has 0 aliphatic heterocycles. The van der Waals surface area contributed by atoms with Gasteiger partial charge in [0.2, 0.25) is 0 Å². The molecule has 0 aromatic heterocycles. The Bertz CT molecular complexity index is 1280. The lowest BCUT2D eigenvalue weighted by atomic mass is 10.2. The fourth-order valence-electron chi connectivity index (χ4n) is 2.93. The maximum Gasteiger partial charge on any atom is 0.271 e. The van der Waals surface area contributed by atoms with Crippen LogP contribution in [0.15, 0.2) is 70.2 Å². The molecule has 2 amide bonds. The molecular formula is C24H21BrN4O7. The number of amides is 2. The summed E-state index contributed by atoms with van der Waals surface area (Å²) in [5.41, 5.74) is 3.61. The molecule has 36 heavy (non-hydrogen) atoms. The van der Waals surface area contributed by atoms with Gasteiger partial charge in [-0.25, -0.2) is 5.43 Å². The minimum Gasteiger partial charge on any atom is -0.497 e. The lowest BCUT2D eigenvalue weighted by molar-refractivity contribution is -0.384. The average molecular weight is 557 g/mol. The van der Waals surface area contributed by atoms with E-state index in [9.17, 15) is 19.7 Å². The molecule has 0 saturated heterocycles. The number of carbonyl (C=O) groups excluding carboxylic acids is 2. The van der Waals surface area contributed by atoms with Crippen molar-refractivity contribution < 1.29 is 28.7 Å². The number of carbonyl (C=O) groups is 2. The summed E-state index contributed by atoms with van der Waals surface area (Å²) < 4.78 is 16.6. The van der Waals surface area contributed by atoms with Gasteiger partial charge in [0.15, 0.2) is 18.1 Å². The normalized spacial score (nSPS) is 10.5. The fourth-order valence-corrected chi connectivity index (χ4v) is 3.50. The zero-order valence-electron chi connectivity index (χ0n) is 19.2. The van der Waals surface area contributed by atoms with Gasteiger partial charge in [0.05, 0.1) is 29.8 Å². The highest BCUT2D eigenvalue weighted by atomic mass is 79.9. The predicted molar refractivity (Wildman–Crippen MR) is 136 cm³/mol. The van der Waals surface area contributed by atoms with Gasteiger partial charge in [-0.2, -0.15) is 5.10 Å². The van der Waals surface area contributed by atoms with Gasteiger partial charge in [-0.3, -0.25) is 19.7 Å². The van der Waals surface area contributed by atoms with Gasteiger partial charge in [0, 0.05) is 23.4 Å². The number of anilines is 1. The summed E-state index contributed by atoms with van der Waals surface area (Å²) in [6, 6.07) is 15.3. The van der Waals surface area contributed by atoms with Gasteiger partial charge in [-0.05, 0) is 70.0 Å². The molecule has 0 unspecified atom stereocenters. The molecule has 12 heteroatoms. The standard InChI is InChI=1S/C24H21BrN4O7/c1-34-19-9-5-17(6-10-19)27-22(30)14-36-23-20(25)11-15(12-21(23)35-2)13-26-28-24(31)16-3-7-18(8-4-16)29(32)33/h3-13H,14H2,1-2H3,(H,27,30)(H,28,31)/b26-13+. The lowest BCUT2D eigenvalue weighted by Crippen LogP contribution is -2.20. The number of nitro benzene ring substituents is 1. The van der Waals surface area contributed by atoms with Crippen molar-refractivity contribution >= 4 is 45.3 Å². The number of nitrogens with one attached hydrogen (secondary N) is 2. The van der Waals surface area contributed by atoms with Crippen LogP contribution in [0.4, 0.5) is 11.4 Å². The molecule has 0 heterocycles. The first-order chi connectivity index (χ1) is 17.3. The van der Waals surface area contributed by atoms with Crippen molar-refractivity contribution in [3.05, 3.63) is 86.4 Å². The Labute approximate surface area is 214 Å². The Balaban J connectivity index is 1.60. The van der Waals surface area contributed by atoms with E-state index in [1.807, 2.05) is 0 Å². The summed E-state index contributed by atoms with van der Waals surface area (Å²) in [6.07, 6.45) is 1.39. The molecule has 186 valence electrons. The van der Waals surface area contributed by atoms with E-state index < -0.39 is 10.8 Å². The summed E-state index contributed by atoms with van der Waals surface area (Å²) in [6.45, 7) is -0.264. The van der Waals surface area contributed by atoms with Gasteiger partial charge in [0.25, 0.3) is 17.5 Å². The molecule has 0 radical (unpaired) electrons.